The highest BCUT2D eigenvalue weighted by Crippen LogP contribution is 2.23. The lowest BCUT2D eigenvalue weighted by molar-refractivity contribution is -0.115. The predicted octanol–water partition coefficient (Wildman–Crippen LogP) is 4.30. The Hall–Kier alpha value is -3.14. The summed E-state index contributed by atoms with van der Waals surface area (Å²) in [6, 6.07) is 14.7. The van der Waals surface area contributed by atoms with Gasteiger partial charge in [0.2, 0.25) is 5.91 Å². The van der Waals surface area contributed by atoms with Gasteiger partial charge < -0.3 is 10.6 Å². The summed E-state index contributed by atoms with van der Waals surface area (Å²) in [5, 5.41) is 5.48. The maximum absolute atomic E-state index is 13.0. The number of halogens is 3. The molecular weight excluding hydrogens is 480 g/mol. The highest BCUT2D eigenvalue weighted by atomic mass is 35.5. The minimum Gasteiger partial charge on any atom is -0.343 e. The molecule has 3 N–H and O–H groups in total. The van der Waals surface area contributed by atoms with Crippen LogP contribution < -0.4 is 15.4 Å². The van der Waals surface area contributed by atoms with E-state index < -0.39 is 27.7 Å². The molecule has 0 fully saturated rings. The third kappa shape index (κ3) is 6.19. The van der Waals surface area contributed by atoms with Gasteiger partial charge in [0.15, 0.2) is 0 Å². The topological polar surface area (TPSA) is 104 Å². The molecule has 3 aromatic carbocycles. The van der Waals surface area contributed by atoms with Crippen LogP contribution in [0.2, 0.25) is 10.0 Å². The molecule has 0 spiro atoms. The Morgan fingerprint density at radius 1 is 0.875 bits per heavy atom. The van der Waals surface area contributed by atoms with E-state index in [4.69, 9.17) is 23.2 Å². The van der Waals surface area contributed by atoms with Gasteiger partial charge >= 0.3 is 0 Å². The summed E-state index contributed by atoms with van der Waals surface area (Å²) < 4.78 is 40.5. The second-order valence-electron chi connectivity index (χ2n) is 6.49. The van der Waals surface area contributed by atoms with Crippen LogP contribution in [-0.4, -0.2) is 26.8 Å². The molecule has 0 heterocycles. The maximum atomic E-state index is 13.0. The molecule has 3 rings (SSSR count). The molecule has 7 nitrogen and oxygen atoms in total. The summed E-state index contributed by atoms with van der Waals surface area (Å²) in [7, 11) is -4.08. The van der Waals surface area contributed by atoms with E-state index in [9.17, 15) is 22.4 Å². The lowest BCUT2D eigenvalue weighted by Gasteiger charge is -2.11. The number of sulfonamides is 1. The number of nitrogens with one attached hydrogen (secondary N) is 3. The molecule has 2 amide bonds. The first-order valence-corrected chi connectivity index (χ1v) is 11.3. The molecule has 0 radical (unpaired) electrons. The average Bonchev–Trinajstić information content (AvgIpc) is 2.75. The van der Waals surface area contributed by atoms with Crippen LogP contribution in [0.15, 0.2) is 71.6 Å². The van der Waals surface area contributed by atoms with E-state index in [0.29, 0.717) is 10.7 Å². The Morgan fingerprint density at radius 3 is 2.16 bits per heavy atom. The van der Waals surface area contributed by atoms with Crippen molar-refractivity contribution in [2.45, 2.75) is 4.90 Å². The van der Waals surface area contributed by atoms with Crippen LogP contribution in [0.25, 0.3) is 0 Å². The maximum Gasteiger partial charge on any atom is 0.261 e. The third-order valence-electron chi connectivity index (χ3n) is 4.13. The van der Waals surface area contributed by atoms with E-state index in [1.807, 2.05) is 0 Å². The molecule has 0 aromatic heterocycles. The molecule has 166 valence electrons. The quantitative estimate of drug-likeness (QED) is 0.454. The van der Waals surface area contributed by atoms with Crippen molar-refractivity contribution in [2.75, 3.05) is 16.6 Å². The van der Waals surface area contributed by atoms with Gasteiger partial charge in [0.1, 0.15) is 5.82 Å². The monoisotopic (exact) mass is 495 g/mol. The largest absolute Gasteiger partial charge is 0.343 e. The first kappa shape index (κ1) is 23.5. The number of rotatable bonds is 7. The summed E-state index contributed by atoms with van der Waals surface area (Å²) in [4.78, 5) is 24.3. The lowest BCUT2D eigenvalue weighted by Crippen LogP contribution is -2.33. The van der Waals surface area contributed by atoms with Gasteiger partial charge in [0.25, 0.3) is 15.9 Å². The highest BCUT2D eigenvalue weighted by Gasteiger charge is 2.19. The smallest absolute Gasteiger partial charge is 0.261 e. The Bertz CT molecular complexity index is 1250. The fourth-order valence-electron chi connectivity index (χ4n) is 2.57. The van der Waals surface area contributed by atoms with E-state index in [1.54, 1.807) is 24.3 Å². The number of amides is 2. The lowest BCUT2D eigenvalue weighted by atomic mass is 10.2. The first-order chi connectivity index (χ1) is 15.1. The molecule has 0 aliphatic carbocycles. The fourth-order valence-corrected chi connectivity index (χ4v) is 3.99. The zero-order valence-electron chi connectivity index (χ0n) is 16.2. The summed E-state index contributed by atoms with van der Waals surface area (Å²) in [5.74, 6) is -1.75. The molecule has 3 aromatic rings. The van der Waals surface area contributed by atoms with Crippen LogP contribution in [0.1, 0.15) is 10.4 Å². The van der Waals surface area contributed by atoms with Crippen LogP contribution in [0.5, 0.6) is 0 Å². The number of benzene rings is 3. The van der Waals surface area contributed by atoms with Gasteiger partial charge in [-0.15, -0.1) is 0 Å². The normalized spacial score (nSPS) is 11.0. The van der Waals surface area contributed by atoms with E-state index >= 15 is 0 Å². The predicted molar refractivity (Wildman–Crippen MR) is 121 cm³/mol. The van der Waals surface area contributed by atoms with Gasteiger partial charge in [-0.25, -0.2) is 12.8 Å². The van der Waals surface area contributed by atoms with Gasteiger partial charge in [0, 0.05) is 16.4 Å². The van der Waals surface area contributed by atoms with Crippen molar-refractivity contribution in [1.29, 1.82) is 0 Å². The second-order valence-corrected chi connectivity index (χ2v) is 9.02. The second kappa shape index (κ2) is 9.99. The molecule has 11 heteroatoms. The Balaban J connectivity index is 1.68. The number of carbonyl (C=O) groups excluding carboxylic acids is 2. The van der Waals surface area contributed by atoms with Gasteiger partial charge in [-0.3, -0.25) is 14.3 Å². The van der Waals surface area contributed by atoms with Gasteiger partial charge in [0.05, 0.1) is 22.0 Å². The van der Waals surface area contributed by atoms with E-state index in [2.05, 4.69) is 15.4 Å². The fraction of sp³-hybridized carbons (Fsp3) is 0.0476. The summed E-state index contributed by atoms with van der Waals surface area (Å²) in [6.07, 6.45) is 0. The Morgan fingerprint density at radius 2 is 1.50 bits per heavy atom. The molecule has 0 saturated carbocycles. The Kier molecular flexibility index (Phi) is 7.34. The molecule has 32 heavy (non-hydrogen) atoms. The molecule has 0 saturated heterocycles. The van der Waals surface area contributed by atoms with Crippen molar-refractivity contribution in [3.8, 4) is 0 Å². The number of hydrogen-bond acceptors (Lipinski definition) is 4. The van der Waals surface area contributed by atoms with Crippen LogP contribution >= 0.6 is 23.2 Å². The first-order valence-electron chi connectivity index (χ1n) is 9.05. The van der Waals surface area contributed by atoms with Crippen molar-refractivity contribution in [2.24, 2.45) is 0 Å². The van der Waals surface area contributed by atoms with Crippen molar-refractivity contribution in [3.05, 3.63) is 88.2 Å². The minimum absolute atomic E-state index is 0.00124. The van der Waals surface area contributed by atoms with Crippen molar-refractivity contribution >= 4 is 56.4 Å². The summed E-state index contributed by atoms with van der Waals surface area (Å²) >= 11 is 11.8. The van der Waals surface area contributed by atoms with Crippen molar-refractivity contribution in [3.63, 3.8) is 0 Å². The van der Waals surface area contributed by atoms with E-state index in [1.165, 1.54) is 24.3 Å². The average molecular weight is 496 g/mol. The zero-order chi connectivity index (χ0) is 23.3. The summed E-state index contributed by atoms with van der Waals surface area (Å²) in [6.45, 7) is -0.372. The van der Waals surface area contributed by atoms with E-state index in [-0.39, 0.29) is 27.7 Å². The summed E-state index contributed by atoms with van der Waals surface area (Å²) in [5.41, 5.74) is 0.505. The molecule has 0 unspecified atom stereocenters. The SMILES string of the molecule is O=C(CNC(=O)c1cc(S(=O)(=O)Nc2ccc(F)cc2)ccc1Cl)Nc1ccc(Cl)cc1. The molecule has 0 aliphatic rings. The van der Waals surface area contributed by atoms with E-state index in [0.717, 1.165) is 18.2 Å². The molecular formula is C21H16Cl2FN3O4S. The number of hydrogen-bond donors (Lipinski definition) is 3. The van der Waals surface area contributed by atoms with Gasteiger partial charge in [-0.1, -0.05) is 23.2 Å². The van der Waals surface area contributed by atoms with Gasteiger partial charge in [-0.05, 0) is 66.7 Å². The van der Waals surface area contributed by atoms with Crippen molar-refractivity contribution < 1.29 is 22.4 Å². The van der Waals surface area contributed by atoms with Crippen LogP contribution in [0.3, 0.4) is 0 Å². The van der Waals surface area contributed by atoms with Crippen LogP contribution in [-0.2, 0) is 14.8 Å². The number of carbonyl (C=O) groups is 2. The number of anilines is 2. The minimum atomic E-state index is -4.08. The van der Waals surface area contributed by atoms with Crippen LogP contribution in [0.4, 0.5) is 15.8 Å². The molecule has 0 aliphatic heterocycles. The molecule has 0 atom stereocenters. The third-order valence-corrected chi connectivity index (χ3v) is 6.09. The van der Waals surface area contributed by atoms with Crippen LogP contribution in [0, 0.1) is 5.82 Å². The van der Waals surface area contributed by atoms with Crippen molar-refractivity contribution in [1.82, 2.24) is 5.32 Å². The van der Waals surface area contributed by atoms with Gasteiger partial charge in [-0.2, -0.15) is 0 Å². The zero-order valence-corrected chi connectivity index (χ0v) is 18.6. The Labute approximate surface area is 193 Å². The molecule has 0 bridgehead atoms. The standard InChI is InChI=1S/C21H16Cl2FN3O4S/c22-13-1-5-15(6-2-13)26-20(28)12-25-21(29)18-11-17(9-10-19(18)23)32(30,31)27-16-7-3-14(24)4-8-16/h1-11,27H,12H2,(H,25,29)(H,26,28). The highest BCUT2D eigenvalue weighted by molar-refractivity contribution is 7.92.